The molecule has 0 amide bonds. The van der Waals surface area contributed by atoms with Gasteiger partial charge in [-0.25, -0.2) is 4.39 Å². The topological polar surface area (TPSA) is 23.5 Å². The fourth-order valence-corrected chi connectivity index (χ4v) is 2.68. The van der Waals surface area contributed by atoms with Crippen molar-refractivity contribution in [2.45, 2.75) is 52.2 Å². The summed E-state index contributed by atoms with van der Waals surface area (Å²) in [6.07, 6.45) is 0.987. The van der Waals surface area contributed by atoms with Crippen LogP contribution in [-0.2, 0) is 6.42 Å². The molecule has 0 aliphatic carbocycles. The van der Waals surface area contributed by atoms with Crippen LogP contribution in [-0.4, -0.2) is 34.7 Å². The fraction of sp³-hybridized carbons (Fsp3) is 0.625. The molecule has 1 aromatic rings. The van der Waals surface area contributed by atoms with Crippen molar-refractivity contribution in [2.24, 2.45) is 0 Å². The molecule has 0 radical (unpaired) electrons. The predicted octanol–water partition coefficient (Wildman–Crippen LogP) is 3.24. The summed E-state index contributed by atoms with van der Waals surface area (Å²) in [4.78, 5) is 2.29. The van der Waals surface area contributed by atoms with E-state index in [1.807, 2.05) is 0 Å². The van der Waals surface area contributed by atoms with E-state index in [-0.39, 0.29) is 11.4 Å². The van der Waals surface area contributed by atoms with Gasteiger partial charge in [0.2, 0.25) is 0 Å². The van der Waals surface area contributed by atoms with Crippen LogP contribution < -0.4 is 0 Å². The molecule has 1 N–H and O–H groups in total. The zero-order valence-electron chi connectivity index (χ0n) is 12.5. The van der Waals surface area contributed by atoms with Crippen molar-refractivity contribution >= 4 is 0 Å². The molecular weight excluding hydrogens is 241 g/mol. The maximum Gasteiger partial charge on any atom is 0.123 e. The third-order valence-electron chi connectivity index (χ3n) is 4.26. The lowest BCUT2D eigenvalue weighted by atomic mass is 9.85. The average molecular weight is 267 g/mol. The Balaban J connectivity index is 2.83. The second-order valence-corrected chi connectivity index (χ2v) is 5.23. The smallest absolute Gasteiger partial charge is 0.123 e. The van der Waals surface area contributed by atoms with Gasteiger partial charge in [-0.1, -0.05) is 32.9 Å². The van der Waals surface area contributed by atoms with Crippen molar-refractivity contribution in [3.05, 3.63) is 35.6 Å². The Hall–Kier alpha value is -0.930. The van der Waals surface area contributed by atoms with Gasteiger partial charge >= 0.3 is 0 Å². The molecule has 0 saturated heterocycles. The Bertz CT molecular complexity index is 375. The average Bonchev–Trinajstić information content (AvgIpc) is 2.42. The minimum absolute atomic E-state index is 0.236. The zero-order chi connectivity index (χ0) is 14.5. The van der Waals surface area contributed by atoms with Crippen LogP contribution in [0.5, 0.6) is 0 Å². The lowest BCUT2D eigenvalue weighted by molar-refractivity contribution is -0.0190. The second kappa shape index (κ2) is 7.01. The molecule has 0 bridgehead atoms. The van der Waals surface area contributed by atoms with E-state index in [1.165, 1.54) is 12.1 Å². The van der Waals surface area contributed by atoms with E-state index < -0.39 is 6.10 Å². The third kappa shape index (κ3) is 3.77. The molecule has 1 aromatic carbocycles. The van der Waals surface area contributed by atoms with Crippen LogP contribution in [0.3, 0.4) is 0 Å². The third-order valence-corrected chi connectivity index (χ3v) is 4.26. The summed E-state index contributed by atoms with van der Waals surface area (Å²) in [5.41, 5.74) is 0.735. The number of benzene rings is 1. The summed E-state index contributed by atoms with van der Waals surface area (Å²) in [5.74, 6) is -0.236. The SMILES string of the molecule is CCN(CC)C(C)(CC)C(O)Cc1ccc(F)cc1. The highest BCUT2D eigenvalue weighted by Gasteiger charge is 2.35. The summed E-state index contributed by atoms with van der Waals surface area (Å²) >= 11 is 0. The molecule has 2 unspecified atom stereocenters. The van der Waals surface area contributed by atoms with Gasteiger partial charge in [-0.05, 0) is 44.1 Å². The minimum Gasteiger partial charge on any atom is -0.391 e. The van der Waals surface area contributed by atoms with Crippen molar-refractivity contribution in [2.75, 3.05) is 13.1 Å². The van der Waals surface area contributed by atoms with Crippen molar-refractivity contribution < 1.29 is 9.50 Å². The van der Waals surface area contributed by atoms with E-state index in [0.717, 1.165) is 25.1 Å². The van der Waals surface area contributed by atoms with Gasteiger partial charge in [0.25, 0.3) is 0 Å². The molecule has 0 fully saturated rings. The van der Waals surface area contributed by atoms with E-state index in [4.69, 9.17) is 0 Å². The normalized spacial score (nSPS) is 16.4. The van der Waals surface area contributed by atoms with Gasteiger partial charge < -0.3 is 5.11 Å². The van der Waals surface area contributed by atoms with E-state index in [0.29, 0.717) is 6.42 Å². The first-order valence-electron chi connectivity index (χ1n) is 7.15. The van der Waals surface area contributed by atoms with Crippen LogP contribution in [0.25, 0.3) is 0 Å². The molecule has 0 saturated carbocycles. The Morgan fingerprint density at radius 3 is 2.11 bits per heavy atom. The molecule has 0 aliphatic rings. The van der Waals surface area contributed by atoms with Crippen molar-refractivity contribution in [1.29, 1.82) is 0 Å². The van der Waals surface area contributed by atoms with E-state index in [1.54, 1.807) is 12.1 Å². The Kier molecular flexibility index (Phi) is 5.95. The van der Waals surface area contributed by atoms with Crippen LogP contribution >= 0.6 is 0 Å². The van der Waals surface area contributed by atoms with Crippen molar-refractivity contribution in [3.8, 4) is 0 Å². The number of nitrogens with zero attached hydrogens (tertiary/aromatic N) is 1. The first kappa shape index (κ1) is 16.1. The highest BCUT2D eigenvalue weighted by atomic mass is 19.1. The molecule has 2 atom stereocenters. The minimum atomic E-state index is -0.456. The number of aliphatic hydroxyl groups is 1. The van der Waals surface area contributed by atoms with Crippen LogP contribution in [0.4, 0.5) is 4.39 Å². The van der Waals surface area contributed by atoms with E-state index in [9.17, 15) is 9.50 Å². The van der Waals surface area contributed by atoms with Gasteiger partial charge in [0.1, 0.15) is 5.82 Å². The molecule has 3 heteroatoms. The van der Waals surface area contributed by atoms with Crippen LogP contribution in [0, 0.1) is 5.82 Å². The van der Waals surface area contributed by atoms with Gasteiger partial charge in [-0.3, -0.25) is 4.90 Å². The maximum atomic E-state index is 12.9. The number of hydrogen-bond acceptors (Lipinski definition) is 2. The van der Waals surface area contributed by atoms with Gasteiger partial charge in [0.05, 0.1) is 6.10 Å². The molecule has 2 nitrogen and oxygen atoms in total. The molecule has 0 aromatic heterocycles. The predicted molar refractivity (Wildman–Crippen MR) is 77.7 cm³/mol. The maximum absolute atomic E-state index is 12.9. The number of hydrogen-bond donors (Lipinski definition) is 1. The van der Waals surface area contributed by atoms with Crippen molar-refractivity contribution in [1.82, 2.24) is 4.90 Å². The zero-order valence-corrected chi connectivity index (χ0v) is 12.5. The second-order valence-electron chi connectivity index (χ2n) is 5.23. The molecular formula is C16H26FNO. The lowest BCUT2D eigenvalue weighted by Gasteiger charge is -2.43. The number of likely N-dealkylation sites (N-methyl/N-ethyl adjacent to an activating group) is 1. The first-order chi connectivity index (χ1) is 8.97. The summed E-state index contributed by atoms with van der Waals surface area (Å²) in [6.45, 7) is 10.3. The molecule has 0 spiro atoms. The van der Waals surface area contributed by atoms with Crippen LogP contribution in [0.15, 0.2) is 24.3 Å². The Labute approximate surface area is 116 Å². The Morgan fingerprint density at radius 2 is 1.68 bits per heavy atom. The van der Waals surface area contributed by atoms with Crippen LogP contribution in [0.1, 0.15) is 39.7 Å². The summed E-state index contributed by atoms with van der Waals surface area (Å²) in [6, 6.07) is 6.39. The lowest BCUT2D eigenvalue weighted by Crippen LogP contribution is -2.54. The molecule has 108 valence electrons. The van der Waals surface area contributed by atoms with Gasteiger partial charge in [-0.2, -0.15) is 0 Å². The number of halogens is 1. The number of rotatable bonds is 7. The summed E-state index contributed by atoms with van der Waals surface area (Å²) in [7, 11) is 0. The first-order valence-corrected chi connectivity index (χ1v) is 7.15. The fourth-order valence-electron chi connectivity index (χ4n) is 2.68. The van der Waals surface area contributed by atoms with Crippen molar-refractivity contribution in [3.63, 3.8) is 0 Å². The monoisotopic (exact) mass is 267 g/mol. The Morgan fingerprint density at radius 1 is 1.16 bits per heavy atom. The summed E-state index contributed by atoms with van der Waals surface area (Å²) < 4.78 is 12.9. The van der Waals surface area contributed by atoms with Gasteiger partial charge in [0, 0.05) is 12.0 Å². The standard InChI is InChI=1S/C16H26FNO/c1-5-16(4,18(6-2)7-3)15(19)12-13-8-10-14(17)11-9-13/h8-11,15,19H,5-7,12H2,1-4H3. The van der Waals surface area contributed by atoms with Crippen LogP contribution in [0.2, 0.25) is 0 Å². The number of aliphatic hydroxyl groups excluding tert-OH is 1. The highest BCUT2D eigenvalue weighted by Crippen LogP contribution is 2.26. The van der Waals surface area contributed by atoms with E-state index >= 15 is 0 Å². The van der Waals surface area contributed by atoms with Gasteiger partial charge in [0.15, 0.2) is 0 Å². The summed E-state index contributed by atoms with van der Waals surface area (Å²) in [5, 5.41) is 10.6. The molecule has 19 heavy (non-hydrogen) atoms. The van der Waals surface area contributed by atoms with E-state index in [2.05, 4.69) is 32.6 Å². The molecule has 0 aliphatic heterocycles. The van der Waals surface area contributed by atoms with Gasteiger partial charge in [-0.15, -0.1) is 0 Å². The molecule has 1 rings (SSSR count). The quantitative estimate of drug-likeness (QED) is 0.820. The highest BCUT2D eigenvalue weighted by molar-refractivity contribution is 5.18. The largest absolute Gasteiger partial charge is 0.391 e. The molecule has 0 heterocycles.